The predicted molar refractivity (Wildman–Crippen MR) is 126 cm³/mol. The fourth-order valence-corrected chi connectivity index (χ4v) is 5.77. The van der Waals surface area contributed by atoms with Crippen molar-refractivity contribution in [2.75, 3.05) is 5.32 Å². The highest BCUT2D eigenvalue weighted by Gasteiger charge is 2.26. The third-order valence-electron chi connectivity index (χ3n) is 4.60. The molecule has 3 aromatic heterocycles. The zero-order chi connectivity index (χ0) is 22.4. The van der Waals surface area contributed by atoms with Crippen molar-refractivity contribution in [3.63, 3.8) is 0 Å². The summed E-state index contributed by atoms with van der Waals surface area (Å²) in [5, 5.41) is 10.5. The predicted octanol–water partition coefficient (Wildman–Crippen LogP) is 4.41. The summed E-state index contributed by atoms with van der Waals surface area (Å²) in [4.78, 5) is 9.72. The molecule has 3 N–H and O–H groups in total. The van der Waals surface area contributed by atoms with E-state index in [1.54, 1.807) is 39.8 Å². The lowest BCUT2D eigenvalue weighted by molar-refractivity contribution is 0.492. The van der Waals surface area contributed by atoms with E-state index in [-0.39, 0.29) is 7.06 Å². The Morgan fingerprint density at radius 1 is 1.29 bits per heavy atom. The Labute approximate surface area is 188 Å². The second kappa shape index (κ2) is 7.75. The maximum atomic E-state index is 12.6. The monoisotopic (exact) mass is 460 g/mol. The van der Waals surface area contributed by atoms with Crippen molar-refractivity contribution in [1.82, 2.24) is 24.9 Å². The molecule has 0 saturated heterocycles. The van der Waals surface area contributed by atoms with E-state index < -0.39 is 15.6 Å². The Balaban J connectivity index is 0.00000193. The van der Waals surface area contributed by atoms with Gasteiger partial charge in [0.2, 0.25) is 0 Å². The quantitative estimate of drug-likeness (QED) is 0.470. The van der Waals surface area contributed by atoms with Crippen LogP contribution in [0.25, 0.3) is 10.7 Å². The van der Waals surface area contributed by atoms with Crippen LogP contribution in [0.2, 0.25) is 0 Å². The molecule has 4 rings (SSSR count). The van der Waals surface area contributed by atoms with Gasteiger partial charge in [-0.05, 0) is 52.7 Å². The molecule has 1 aliphatic carbocycles. The highest BCUT2D eigenvalue weighted by atomic mass is 32.2. The van der Waals surface area contributed by atoms with E-state index >= 15 is 0 Å². The van der Waals surface area contributed by atoms with Gasteiger partial charge in [-0.2, -0.15) is 5.10 Å². The Hall–Kier alpha value is -2.74. The van der Waals surface area contributed by atoms with E-state index in [0.29, 0.717) is 39.5 Å². The number of aromatic nitrogens is 4. The molecule has 3 aromatic rings. The summed E-state index contributed by atoms with van der Waals surface area (Å²) in [6.45, 7) is 7.20. The van der Waals surface area contributed by atoms with E-state index in [2.05, 4.69) is 36.1 Å². The normalized spacial score (nSPS) is 14.4. The van der Waals surface area contributed by atoms with Crippen LogP contribution < -0.4 is 10.0 Å². The molecule has 3 heterocycles. The zero-order valence-electron chi connectivity index (χ0n) is 17.8. The van der Waals surface area contributed by atoms with Crippen LogP contribution in [0.15, 0.2) is 22.4 Å². The van der Waals surface area contributed by atoms with Crippen LogP contribution in [-0.2, 0) is 10.0 Å². The lowest BCUT2D eigenvalue weighted by atomic mass is 10.1. The van der Waals surface area contributed by atoms with Gasteiger partial charge in [0.1, 0.15) is 4.21 Å². The number of hydrogen-bond donors (Lipinski definition) is 3. The Kier molecular flexibility index (Phi) is 5.37. The van der Waals surface area contributed by atoms with Crippen LogP contribution in [0.3, 0.4) is 0 Å². The van der Waals surface area contributed by atoms with Gasteiger partial charge in [-0.3, -0.25) is 5.10 Å². The van der Waals surface area contributed by atoms with Crippen molar-refractivity contribution in [1.29, 1.82) is 0 Å². The average Bonchev–Trinajstić information content (AvgIpc) is 3.19. The lowest BCUT2D eigenvalue weighted by Crippen LogP contribution is -2.40. The van der Waals surface area contributed by atoms with Gasteiger partial charge in [0.25, 0.3) is 10.0 Å². The van der Waals surface area contributed by atoms with Gasteiger partial charge in [0, 0.05) is 26.1 Å². The van der Waals surface area contributed by atoms with Gasteiger partial charge >= 0.3 is 0 Å². The first-order valence-corrected chi connectivity index (χ1v) is 12.2. The maximum absolute atomic E-state index is 12.6. The van der Waals surface area contributed by atoms with Crippen LogP contribution >= 0.6 is 11.3 Å². The molecule has 0 bridgehead atoms. The minimum absolute atomic E-state index is 0. The summed E-state index contributed by atoms with van der Waals surface area (Å²) in [6.07, 6.45) is 8.03. The number of aryl methyl sites for hydroxylation is 1. The molecule has 166 valence electrons. The minimum Gasteiger partial charge on any atom is -0.322 e. The first-order chi connectivity index (χ1) is 14.6. The summed E-state index contributed by atoms with van der Waals surface area (Å²) < 4.78 is 28.1. The van der Waals surface area contributed by atoms with E-state index in [4.69, 9.17) is 6.42 Å². The zero-order valence-corrected chi connectivity index (χ0v) is 19.4. The first kappa shape index (κ1) is 21.5. The summed E-state index contributed by atoms with van der Waals surface area (Å²) in [5.41, 5.74) is 1.68. The van der Waals surface area contributed by atoms with Crippen molar-refractivity contribution in [2.24, 2.45) is 0 Å². The molecule has 31 heavy (non-hydrogen) atoms. The fourth-order valence-electron chi connectivity index (χ4n) is 3.11. The van der Waals surface area contributed by atoms with Crippen LogP contribution in [0.4, 0.5) is 11.6 Å². The number of nitrogens with one attached hydrogen (secondary N) is 3. The molecular formula is C21H28N6O2S2. The summed E-state index contributed by atoms with van der Waals surface area (Å²) >= 11 is 1.11. The van der Waals surface area contributed by atoms with Crippen LogP contribution in [-0.4, -0.2) is 34.1 Å². The minimum atomic E-state index is -3.64. The SMILES string of the molecule is C#Cc1c(C)nc(-c2ccc(S(=O)(=O)NC(C)(C)C)s2)nc1Nc1cc(C2CC2)[nH]n1.[HH].[HH]. The van der Waals surface area contributed by atoms with Gasteiger partial charge in [0.05, 0.1) is 16.1 Å². The number of nitrogens with zero attached hydrogens (tertiary/aromatic N) is 3. The largest absolute Gasteiger partial charge is 0.322 e. The Bertz CT molecular complexity index is 1280. The van der Waals surface area contributed by atoms with Gasteiger partial charge in [-0.25, -0.2) is 23.1 Å². The molecule has 0 amide bonds. The molecule has 8 nitrogen and oxygen atoms in total. The van der Waals surface area contributed by atoms with E-state index in [1.807, 2.05) is 6.07 Å². The van der Waals surface area contributed by atoms with Crippen LogP contribution in [0, 0.1) is 19.3 Å². The molecule has 1 fully saturated rings. The number of hydrogen-bond acceptors (Lipinski definition) is 7. The molecular weight excluding hydrogens is 432 g/mol. The molecule has 10 heteroatoms. The summed E-state index contributed by atoms with van der Waals surface area (Å²) in [5.74, 6) is 4.67. The lowest BCUT2D eigenvalue weighted by Gasteiger charge is -2.19. The molecule has 0 atom stereocenters. The standard InChI is InChI=1S/C21H24N6O2S2.2H2/c1-6-14-12(2)22-20(16-9-10-18(30-16)31(28,29)27-21(3,4)5)24-19(14)23-17-11-15(25-26-17)13-7-8-13;;/h1,9-11,13,27H,7-8H2,2-5H3,(H2,22,23,24,25,26);2*1H. The maximum Gasteiger partial charge on any atom is 0.250 e. The van der Waals surface area contributed by atoms with Crippen molar-refractivity contribution >= 4 is 33.0 Å². The van der Waals surface area contributed by atoms with Crippen LogP contribution in [0.5, 0.6) is 0 Å². The van der Waals surface area contributed by atoms with Crippen LogP contribution in [0.1, 0.15) is 59.3 Å². The molecule has 0 aromatic carbocycles. The highest BCUT2D eigenvalue weighted by Crippen LogP contribution is 2.40. The number of anilines is 2. The second-order valence-electron chi connectivity index (χ2n) is 8.58. The van der Waals surface area contributed by atoms with Gasteiger partial charge < -0.3 is 5.32 Å². The van der Waals surface area contributed by atoms with E-state index in [1.165, 1.54) is 12.8 Å². The van der Waals surface area contributed by atoms with Gasteiger partial charge in [-0.15, -0.1) is 17.8 Å². The number of aromatic amines is 1. The number of rotatable bonds is 6. The van der Waals surface area contributed by atoms with Crippen molar-refractivity contribution in [3.05, 3.63) is 35.2 Å². The molecule has 0 radical (unpaired) electrons. The average molecular weight is 461 g/mol. The number of thiophene rings is 1. The smallest absolute Gasteiger partial charge is 0.250 e. The highest BCUT2D eigenvalue weighted by molar-refractivity contribution is 7.91. The molecule has 0 aliphatic heterocycles. The molecule has 1 aliphatic rings. The van der Waals surface area contributed by atoms with Crippen molar-refractivity contribution in [2.45, 2.75) is 56.2 Å². The van der Waals surface area contributed by atoms with Gasteiger partial charge in [0.15, 0.2) is 17.5 Å². The van der Waals surface area contributed by atoms with Crippen molar-refractivity contribution in [3.8, 4) is 23.0 Å². The Morgan fingerprint density at radius 2 is 2.03 bits per heavy atom. The molecule has 1 saturated carbocycles. The summed E-state index contributed by atoms with van der Waals surface area (Å²) in [7, 11) is -3.64. The molecule has 0 unspecified atom stereocenters. The number of terminal acetylenes is 1. The first-order valence-electron chi connectivity index (χ1n) is 9.87. The van der Waals surface area contributed by atoms with Crippen molar-refractivity contribution < 1.29 is 11.3 Å². The number of H-pyrrole nitrogens is 1. The van der Waals surface area contributed by atoms with Gasteiger partial charge in [-0.1, -0.05) is 5.92 Å². The summed E-state index contributed by atoms with van der Waals surface area (Å²) in [6, 6.07) is 5.23. The third kappa shape index (κ3) is 4.79. The van der Waals surface area contributed by atoms with E-state index in [9.17, 15) is 8.42 Å². The Morgan fingerprint density at radius 3 is 2.68 bits per heavy atom. The topological polar surface area (TPSA) is 113 Å². The second-order valence-corrected chi connectivity index (χ2v) is 11.6. The molecule has 0 spiro atoms. The third-order valence-corrected chi connectivity index (χ3v) is 7.93. The fraction of sp³-hybridized carbons (Fsp3) is 0.381. The van der Waals surface area contributed by atoms with E-state index in [0.717, 1.165) is 17.0 Å². The number of sulfonamides is 1.